The second kappa shape index (κ2) is 5.30. The van der Waals surface area contributed by atoms with Crippen LogP contribution in [0.1, 0.15) is 5.69 Å². The highest BCUT2D eigenvalue weighted by Crippen LogP contribution is 2.22. The summed E-state index contributed by atoms with van der Waals surface area (Å²) in [5, 5.41) is 11.5. The van der Waals surface area contributed by atoms with Gasteiger partial charge in [-0.1, -0.05) is 17.3 Å². The molecule has 6 nitrogen and oxygen atoms in total. The zero-order chi connectivity index (χ0) is 13.8. The second-order valence-electron chi connectivity index (χ2n) is 3.74. The van der Waals surface area contributed by atoms with Gasteiger partial charge in [-0.05, 0) is 18.2 Å². The topological polar surface area (TPSA) is 87.6 Å². The van der Waals surface area contributed by atoms with Crippen LogP contribution >= 0.6 is 0 Å². The minimum atomic E-state index is -0.386. The first-order valence-corrected chi connectivity index (χ1v) is 5.42. The number of anilines is 2. The number of hydrogen-bond donors (Lipinski definition) is 2. The first-order valence-electron chi connectivity index (χ1n) is 5.42. The molecule has 1 aromatic carbocycles. The molecule has 3 N–H and O–H groups in total. The summed E-state index contributed by atoms with van der Waals surface area (Å²) in [6.45, 7) is 0. The molecule has 0 aliphatic carbocycles. The Hall–Kier alpha value is -2.70. The first kappa shape index (κ1) is 12.7. The highest BCUT2D eigenvalue weighted by Gasteiger charge is 2.12. The molecule has 0 aliphatic heterocycles. The molecule has 0 radical (unpaired) electrons. The SMILES string of the molecule is CN(c1nccc(/C(N)=N/O)n1)c1ccccc1F. The highest BCUT2D eigenvalue weighted by atomic mass is 19.1. The fourth-order valence-electron chi connectivity index (χ4n) is 1.54. The van der Waals surface area contributed by atoms with E-state index in [-0.39, 0.29) is 23.3 Å². The van der Waals surface area contributed by atoms with Crippen LogP contribution in [0.3, 0.4) is 0 Å². The van der Waals surface area contributed by atoms with E-state index < -0.39 is 0 Å². The maximum absolute atomic E-state index is 13.7. The van der Waals surface area contributed by atoms with Crippen molar-refractivity contribution in [3.8, 4) is 0 Å². The van der Waals surface area contributed by atoms with Crippen LogP contribution in [0.2, 0.25) is 0 Å². The Labute approximate surface area is 109 Å². The third-order valence-electron chi connectivity index (χ3n) is 2.53. The number of nitrogens with zero attached hydrogens (tertiary/aromatic N) is 4. The Bertz CT molecular complexity index is 617. The number of benzene rings is 1. The predicted octanol–water partition coefficient (Wildman–Crippen LogP) is 1.48. The van der Waals surface area contributed by atoms with E-state index in [4.69, 9.17) is 10.9 Å². The van der Waals surface area contributed by atoms with Gasteiger partial charge in [0.05, 0.1) is 5.69 Å². The van der Waals surface area contributed by atoms with Gasteiger partial charge in [-0.25, -0.2) is 14.4 Å². The van der Waals surface area contributed by atoms with Gasteiger partial charge in [0.25, 0.3) is 0 Å². The number of aromatic nitrogens is 2. The van der Waals surface area contributed by atoms with Gasteiger partial charge in [0, 0.05) is 13.2 Å². The summed E-state index contributed by atoms with van der Waals surface area (Å²) in [6.07, 6.45) is 1.45. The van der Waals surface area contributed by atoms with E-state index in [1.54, 1.807) is 25.2 Å². The van der Waals surface area contributed by atoms with E-state index in [2.05, 4.69) is 15.1 Å². The lowest BCUT2D eigenvalue weighted by Gasteiger charge is -2.17. The number of para-hydroxylation sites is 1. The summed E-state index contributed by atoms with van der Waals surface area (Å²) in [4.78, 5) is 9.60. The zero-order valence-electron chi connectivity index (χ0n) is 10.2. The Kier molecular flexibility index (Phi) is 3.56. The fraction of sp³-hybridized carbons (Fsp3) is 0.0833. The van der Waals surface area contributed by atoms with Crippen molar-refractivity contribution in [1.82, 2.24) is 9.97 Å². The first-order chi connectivity index (χ1) is 9.13. The van der Waals surface area contributed by atoms with Crippen molar-refractivity contribution >= 4 is 17.5 Å². The van der Waals surface area contributed by atoms with Crippen LogP contribution in [0.5, 0.6) is 0 Å². The number of amidine groups is 1. The van der Waals surface area contributed by atoms with Gasteiger partial charge in [-0.15, -0.1) is 0 Å². The summed E-state index contributed by atoms with van der Waals surface area (Å²) in [5.74, 6) is -0.275. The van der Waals surface area contributed by atoms with Crippen molar-refractivity contribution in [2.45, 2.75) is 0 Å². The molecule has 1 heterocycles. The third-order valence-corrected chi connectivity index (χ3v) is 2.53. The molecule has 2 aromatic rings. The lowest BCUT2D eigenvalue weighted by molar-refractivity contribution is 0.318. The maximum atomic E-state index is 13.7. The number of nitrogens with two attached hydrogens (primary N) is 1. The monoisotopic (exact) mass is 261 g/mol. The van der Waals surface area contributed by atoms with Gasteiger partial charge in [-0.3, -0.25) is 0 Å². The lowest BCUT2D eigenvalue weighted by atomic mass is 10.3. The quantitative estimate of drug-likeness (QED) is 0.378. The molecule has 0 fully saturated rings. The van der Waals surface area contributed by atoms with Crippen LogP contribution < -0.4 is 10.6 Å². The average molecular weight is 261 g/mol. The molecule has 0 atom stereocenters. The Morgan fingerprint density at radius 2 is 2.11 bits per heavy atom. The van der Waals surface area contributed by atoms with E-state index >= 15 is 0 Å². The molecule has 0 aliphatic rings. The Morgan fingerprint density at radius 3 is 2.79 bits per heavy atom. The van der Waals surface area contributed by atoms with Crippen molar-refractivity contribution in [1.29, 1.82) is 0 Å². The van der Waals surface area contributed by atoms with E-state index in [0.717, 1.165) is 0 Å². The minimum absolute atomic E-state index is 0.134. The zero-order valence-corrected chi connectivity index (χ0v) is 10.2. The van der Waals surface area contributed by atoms with Gasteiger partial charge >= 0.3 is 0 Å². The largest absolute Gasteiger partial charge is 0.409 e. The van der Waals surface area contributed by atoms with Crippen LogP contribution in [-0.4, -0.2) is 28.1 Å². The van der Waals surface area contributed by atoms with Crippen molar-refractivity contribution < 1.29 is 9.60 Å². The predicted molar refractivity (Wildman–Crippen MR) is 69.0 cm³/mol. The maximum Gasteiger partial charge on any atom is 0.230 e. The van der Waals surface area contributed by atoms with Gasteiger partial charge in [0.1, 0.15) is 11.5 Å². The van der Waals surface area contributed by atoms with Crippen LogP contribution in [0.4, 0.5) is 16.0 Å². The van der Waals surface area contributed by atoms with Crippen molar-refractivity contribution in [3.63, 3.8) is 0 Å². The van der Waals surface area contributed by atoms with Crippen LogP contribution in [0, 0.1) is 5.82 Å². The smallest absolute Gasteiger partial charge is 0.230 e. The molecule has 0 bridgehead atoms. The molecule has 19 heavy (non-hydrogen) atoms. The van der Waals surface area contributed by atoms with E-state index in [9.17, 15) is 4.39 Å². The standard InChI is InChI=1S/C12H12FN5O/c1-18(10-5-3-2-4-8(10)13)12-15-7-6-9(16-12)11(14)17-19/h2-7,19H,1H3,(H2,14,17). The molecule has 0 spiro atoms. The summed E-state index contributed by atoms with van der Waals surface area (Å²) < 4.78 is 13.7. The average Bonchev–Trinajstić information content (AvgIpc) is 2.46. The number of oxime groups is 1. The molecular formula is C12H12FN5O. The Morgan fingerprint density at radius 1 is 1.37 bits per heavy atom. The van der Waals surface area contributed by atoms with Crippen molar-refractivity contribution in [2.75, 3.05) is 11.9 Å². The summed E-state index contributed by atoms with van der Waals surface area (Å²) >= 11 is 0. The van der Waals surface area contributed by atoms with Crippen molar-refractivity contribution in [3.05, 3.63) is 48.0 Å². The Balaban J connectivity index is 2.40. The van der Waals surface area contributed by atoms with Gasteiger partial charge in [0.15, 0.2) is 5.84 Å². The highest BCUT2D eigenvalue weighted by molar-refractivity contribution is 5.95. The summed E-state index contributed by atoms with van der Waals surface area (Å²) in [5.41, 5.74) is 6.04. The fourth-order valence-corrected chi connectivity index (χ4v) is 1.54. The molecule has 0 unspecified atom stereocenters. The number of rotatable bonds is 3. The molecule has 0 amide bonds. The summed E-state index contributed by atoms with van der Waals surface area (Å²) in [7, 11) is 1.63. The van der Waals surface area contributed by atoms with Crippen LogP contribution in [-0.2, 0) is 0 Å². The van der Waals surface area contributed by atoms with E-state index in [1.165, 1.54) is 23.2 Å². The summed E-state index contributed by atoms with van der Waals surface area (Å²) in [6, 6.07) is 7.75. The molecular weight excluding hydrogens is 249 g/mol. The molecule has 1 aromatic heterocycles. The molecule has 7 heteroatoms. The van der Waals surface area contributed by atoms with Crippen molar-refractivity contribution in [2.24, 2.45) is 10.9 Å². The molecule has 2 rings (SSSR count). The van der Waals surface area contributed by atoms with E-state index in [0.29, 0.717) is 5.69 Å². The minimum Gasteiger partial charge on any atom is -0.409 e. The third kappa shape index (κ3) is 2.59. The molecule has 98 valence electrons. The molecule has 0 saturated carbocycles. The van der Waals surface area contributed by atoms with Crippen LogP contribution in [0.15, 0.2) is 41.7 Å². The molecule has 0 saturated heterocycles. The van der Waals surface area contributed by atoms with Gasteiger partial charge in [-0.2, -0.15) is 0 Å². The lowest BCUT2D eigenvalue weighted by Crippen LogP contribution is -2.19. The van der Waals surface area contributed by atoms with E-state index in [1.807, 2.05) is 0 Å². The normalized spacial score (nSPS) is 11.4. The number of halogens is 1. The van der Waals surface area contributed by atoms with Gasteiger partial charge in [0.2, 0.25) is 5.95 Å². The van der Waals surface area contributed by atoms with Crippen LogP contribution in [0.25, 0.3) is 0 Å². The second-order valence-corrected chi connectivity index (χ2v) is 3.74. The van der Waals surface area contributed by atoms with Gasteiger partial charge < -0.3 is 15.8 Å². The number of hydrogen-bond acceptors (Lipinski definition) is 5.